The average molecular weight is 326 g/mol. The summed E-state index contributed by atoms with van der Waals surface area (Å²) in [5.41, 5.74) is 0.976. The molecule has 0 radical (unpaired) electrons. The first-order chi connectivity index (χ1) is 10.7. The fraction of sp³-hybridized carbons (Fsp3) is 0.625. The molecule has 0 aromatic heterocycles. The molecule has 6 atom stereocenters. The molecule has 2 aliphatic heterocycles. The molecule has 122 valence electrons. The third-order valence-corrected chi connectivity index (χ3v) is 5.24. The van der Waals surface area contributed by atoms with Gasteiger partial charge in [-0.1, -0.05) is 37.3 Å². The van der Waals surface area contributed by atoms with E-state index in [0.717, 1.165) is 11.3 Å². The molecule has 0 unspecified atom stereocenters. The van der Waals surface area contributed by atoms with Gasteiger partial charge in [0.2, 0.25) is 0 Å². The number of aliphatic hydroxyl groups excluding tert-OH is 1. The SMILES string of the molecule is CCS[C@H]1[C@H](O)[C@H](OC)O[C@@H]2CO[C@H](c3ccccc3)O[C@H]12. The monoisotopic (exact) mass is 326 g/mol. The molecule has 0 saturated carbocycles. The van der Waals surface area contributed by atoms with Crippen molar-refractivity contribution in [2.45, 2.75) is 43.1 Å². The highest BCUT2D eigenvalue weighted by Gasteiger charge is 2.49. The number of fused-ring (bicyclic) bond motifs is 1. The fourth-order valence-electron chi connectivity index (χ4n) is 2.92. The molecule has 2 heterocycles. The quantitative estimate of drug-likeness (QED) is 0.913. The molecule has 0 spiro atoms. The molecular weight excluding hydrogens is 304 g/mol. The molecule has 1 aromatic carbocycles. The molecule has 5 nitrogen and oxygen atoms in total. The van der Waals surface area contributed by atoms with Crippen LogP contribution in [0.3, 0.4) is 0 Å². The maximum atomic E-state index is 10.5. The van der Waals surface area contributed by atoms with Crippen molar-refractivity contribution in [1.29, 1.82) is 0 Å². The molecule has 0 amide bonds. The van der Waals surface area contributed by atoms with E-state index in [-0.39, 0.29) is 17.5 Å². The molecule has 2 saturated heterocycles. The van der Waals surface area contributed by atoms with Crippen LogP contribution >= 0.6 is 11.8 Å². The highest BCUT2D eigenvalue weighted by molar-refractivity contribution is 8.00. The van der Waals surface area contributed by atoms with Crippen LogP contribution in [0, 0.1) is 0 Å². The van der Waals surface area contributed by atoms with Crippen LogP contribution in [0.1, 0.15) is 18.8 Å². The molecule has 2 aliphatic rings. The van der Waals surface area contributed by atoms with E-state index in [2.05, 4.69) is 6.92 Å². The zero-order valence-electron chi connectivity index (χ0n) is 12.8. The first-order valence-electron chi connectivity index (χ1n) is 7.54. The Kier molecular flexibility index (Phi) is 5.38. The van der Waals surface area contributed by atoms with Crippen molar-refractivity contribution in [1.82, 2.24) is 0 Å². The number of rotatable bonds is 4. The summed E-state index contributed by atoms with van der Waals surface area (Å²) < 4.78 is 22.9. The largest absolute Gasteiger partial charge is 0.387 e. The van der Waals surface area contributed by atoms with E-state index in [1.807, 2.05) is 30.3 Å². The number of thioether (sulfide) groups is 1. The number of hydrogen-bond donors (Lipinski definition) is 1. The standard InChI is InChI=1S/C16H22O5S/c1-3-22-14-12(17)16(18-2)20-11-9-19-15(21-13(11)14)10-7-5-4-6-8-10/h4-8,11-17H,3,9H2,1-2H3/t11-,12+,13+,14+,15+,16-/m1/s1. The Morgan fingerprint density at radius 2 is 2.05 bits per heavy atom. The Hall–Kier alpha value is -0.630. The Morgan fingerprint density at radius 1 is 1.27 bits per heavy atom. The van der Waals surface area contributed by atoms with Crippen molar-refractivity contribution in [2.24, 2.45) is 0 Å². The summed E-state index contributed by atoms with van der Waals surface area (Å²) in [5, 5.41) is 10.4. The van der Waals surface area contributed by atoms with Gasteiger partial charge in [-0.15, -0.1) is 0 Å². The third kappa shape index (κ3) is 3.18. The van der Waals surface area contributed by atoms with Gasteiger partial charge in [0.05, 0.1) is 11.9 Å². The van der Waals surface area contributed by atoms with E-state index >= 15 is 0 Å². The van der Waals surface area contributed by atoms with Crippen molar-refractivity contribution in [3.8, 4) is 0 Å². The van der Waals surface area contributed by atoms with E-state index in [4.69, 9.17) is 18.9 Å². The van der Waals surface area contributed by atoms with Gasteiger partial charge in [-0.3, -0.25) is 0 Å². The van der Waals surface area contributed by atoms with Crippen LogP contribution in [-0.2, 0) is 18.9 Å². The fourth-order valence-corrected chi connectivity index (χ4v) is 4.06. The summed E-state index contributed by atoms with van der Waals surface area (Å²) in [5.74, 6) is 0.890. The van der Waals surface area contributed by atoms with Crippen molar-refractivity contribution in [3.05, 3.63) is 35.9 Å². The van der Waals surface area contributed by atoms with E-state index in [1.54, 1.807) is 18.9 Å². The summed E-state index contributed by atoms with van der Waals surface area (Å²) in [6.45, 7) is 2.50. The van der Waals surface area contributed by atoms with Crippen LogP contribution in [0.5, 0.6) is 0 Å². The molecule has 22 heavy (non-hydrogen) atoms. The van der Waals surface area contributed by atoms with Gasteiger partial charge in [0.15, 0.2) is 12.6 Å². The van der Waals surface area contributed by atoms with Crippen LogP contribution < -0.4 is 0 Å². The summed E-state index contributed by atoms with van der Waals surface area (Å²) >= 11 is 1.67. The predicted molar refractivity (Wildman–Crippen MR) is 83.6 cm³/mol. The molecule has 1 N–H and O–H groups in total. The van der Waals surface area contributed by atoms with E-state index in [1.165, 1.54) is 0 Å². The van der Waals surface area contributed by atoms with Gasteiger partial charge in [0.25, 0.3) is 0 Å². The van der Waals surface area contributed by atoms with Gasteiger partial charge in [-0.25, -0.2) is 0 Å². The minimum atomic E-state index is -0.717. The normalized spacial score (nSPS) is 38.5. The van der Waals surface area contributed by atoms with Crippen LogP contribution in [0.2, 0.25) is 0 Å². The zero-order valence-corrected chi connectivity index (χ0v) is 13.6. The Balaban J connectivity index is 1.77. The molecule has 0 aliphatic carbocycles. The molecular formula is C16H22O5S. The number of methoxy groups -OCH3 is 1. The molecule has 1 aromatic rings. The van der Waals surface area contributed by atoms with Crippen LogP contribution in [-0.4, -0.2) is 54.4 Å². The zero-order chi connectivity index (χ0) is 15.5. The second-order valence-corrected chi connectivity index (χ2v) is 6.82. The Bertz CT molecular complexity index is 471. The van der Waals surface area contributed by atoms with Gasteiger partial charge < -0.3 is 24.1 Å². The second-order valence-electron chi connectivity index (χ2n) is 5.37. The lowest BCUT2D eigenvalue weighted by Crippen LogP contribution is -2.61. The predicted octanol–water partition coefficient (Wildman–Crippen LogP) is 1.95. The van der Waals surface area contributed by atoms with Gasteiger partial charge in [-0.05, 0) is 5.75 Å². The van der Waals surface area contributed by atoms with E-state index < -0.39 is 18.7 Å². The molecule has 6 heteroatoms. The molecule has 0 bridgehead atoms. The Labute approximate surface area is 134 Å². The summed E-state index contributed by atoms with van der Waals surface area (Å²) in [4.78, 5) is 0. The lowest BCUT2D eigenvalue weighted by atomic mass is 10.0. The Morgan fingerprint density at radius 3 is 2.73 bits per heavy atom. The van der Waals surface area contributed by atoms with Crippen LogP contribution in [0.4, 0.5) is 0 Å². The maximum Gasteiger partial charge on any atom is 0.184 e. The molecule has 2 fully saturated rings. The van der Waals surface area contributed by atoms with Crippen molar-refractivity contribution in [2.75, 3.05) is 19.5 Å². The topological polar surface area (TPSA) is 57.2 Å². The van der Waals surface area contributed by atoms with E-state index in [9.17, 15) is 5.11 Å². The number of ether oxygens (including phenoxy) is 4. The first kappa shape index (κ1) is 16.2. The summed E-state index contributed by atoms with van der Waals surface area (Å²) in [6, 6.07) is 9.83. The van der Waals surface area contributed by atoms with Gasteiger partial charge in [0, 0.05) is 12.7 Å². The van der Waals surface area contributed by atoms with E-state index in [0.29, 0.717) is 6.61 Å². The van der Waals surface area contributed by atoms with Crippen molar-refractivity contribution < 1.29 is 24.1 Å². The van der Waals surface area contributed by atoms with Crippen molar-refractivity contribution in [3.63, 3.8) is 0 Å². The minimum Gasteiger partial charge on any atom is -0.387 e. The smallest absolute Gasteiger partial charge is 0.184 e. The number of benzene rings is 1. The highest BCUT2D eigenvalue weighted by atomic mass is 32.2. The summed E-state index contributed by atoms with van der Waals surface area (Å²) in [6.07, 6.45) is -2.21. The van der Waals surface area contributed by atoms with Crippen LogP contribution in [0.15, 0.2) is 30.3 Å². The minimum absolute atomic E-state index is 0.0937. The summed E-state index contributed by atoms with van der Waals surface area (Å²) in [7, 11) is 1.54. The average Bonchev–Trinajstić information content (AvgIpc) is 2.57. The highest BCUT2D eigenvalue weighted by Crippen LogP contribution is 2.38. The lowest BCUT2D eigenvalue weighted by molar-refractivity contribution is -0.330. The molecule has 3 rings (SSSR count). The number of aliphatic hydroxyl groups is 1. The van der Waals surface area contributed by atoms with Gasteiger partial charge in [0.1, 0.15) is 18.3 Å². The third-order valence-electron chi connectivity index (χ3n) is 3.97. The van der Waals surface area contributed by atoms with Crippen molar-refractivity contribution >= 4 is 11.8 Å². The lowest BCUT2D eigenvalue weighted by Gasteiger charge is -2.47. The first-order valence-corrected chi connectivity index (χ1v) is 8.59. The second kappa shape index (κ2) is 7.29. The van der Waals surface area contributed by atoms with Crippen LogP contribution in [0.25, 0.3) is 0 Å². The van der Waals surface area contributed by atoms with Gasteiger partial charge in [-0.2, -0.15) is 11.8 Å². The van der Waals surface area contributed by atoms with Gasteiger partial charge >= 0.3 is 0 Å². The number of hydrogen-bond acceptors (Lipinski definition) is 6. The maximum absolute atomic E-state index is 10.5.